The summed E-state index contributed by atoms with van der Waals surface area (Å²) in [6.07, 6.45) is 1.16. The van der Waals surface area contributed by atoms with Crippen molar-refractivity contribution < 1.29 is 8.42 Å². The highest BCUT2D eigenvalue weighted by Crippen LogP contribution is 2.30. The molecule has 3 N–H and O–H groups in total. The topological polar surface area (TPSA) is 88.8 Å². The SMILES string of the molecule is CS(=O)(=O)Cc1[nH]nc(N)c1-c1cccc(Cl)c1. The number of hydrogen-bond donors (Lipinski definition) is 2. The minimum absolute atomic E-state index is 0.140. The molecule has 96 valence electrons. The molecule has 7 heteroatoms. The van der Waals surface area contributed by atoms with Gasteiger partial charge >= 0.3 is 0 Å². The molecule has 0 fully saturated rings. The Bertz CT molecular complexity index is 679. The van der Waals surface area contributed by atoms with Gasteiger partial charge in [-0.2, -0.15) is 5.10 Å². The molecule has 0 radical (unpaired) electrons. The molecule has 0 aliphatic carbocycles. The Labute approximate surface area is 110 Å². The molecule has 0 unspecified atom stereocenters. The van der Waals surface area contributed by atoms with Crippen LogP contribution >= 0.6 is 11.6 Å². The highest BCUT2D eigenvalue weighted by molar-refractivity contribution is 7.89. The summed E-state index contributed by atoms with van der Waals surface area (Å²) >= 11 is 5.91. The summed E-state index contributed by atoms with van der Waals surface area (Å²) in [5, 5.41) is 7.06. The molecule has 5 nitrogen and oxygen atoms in total. The van der Waals surface area contributed by atoms with Crippen molar-refractivity contribution in [3.63, 3.8) is 0 Å². The number of nitrogens with two attached hydrogens (primary N) is 1. The second-order valence-electron chi connectivity index (χ2n) is 4.04. The van der Waals surface area contributed by atoms with Crippen LogP contribution in [-0.4, -0.2) is 24.9 Å². The van der Waals surface area contributed by atoms with Crippen LogP contribution in [0.2, 0.25) is 5.02 Å². The fourth-order valence-electron chi connectivity index (χ4n) is 1.73. The first-order valence-electron chi connectivity index (χ1n) is 5.13. The summed E-state index contributed by atoms with van der Waals surface area (Å²) in [7, 11) is -3.16. The Morgan fingerprint density at radius 1 is 1.44 bits per heavy atom. The number of aromatic amines is 1. The molecular weight excluding hydrogens is 274 g/mol. The summed E-state index contributed by atoms with van der Waals surface area (Å²) < 4.78 is 22.7. The number of halogens is 1. The molecule has 0 saturated carbocycles. The first kappa shape index (κ1) is 12.9. The van der Waals surface area contributed by atoms with Crippen molar-refractivity contribution in [2.75, 3.05) is 12.0 Å². The second kappa shape index (κ2) is 4.62. The average molecular weight is 286 g/mol. The number of aromatic nitrogens is 2. The van der Waals surface area contributed by atoms with Crippen molar-refractivity contribution in [2.24, 2.45) is 0 Å². The van der Waals surface area contributed by atoms with Crippen molar-refractivity contribution in [1.82, 2.24) is 10.2 Å². The molecule has 0 amide bonds. The highest BCUT2D eigenvalue weighted by atomic mass is 35.5. The largest absolute Gasteiger partial charge is 0.382 e. The van der Waals surface area contributed by atoms with E-state index < -0.39 is 9.84 Å². The van der Waals surface area contributed by atoms with Crippen LogP contribution < -0.4 is 5.73 Å². The predicted molar refractivity (Wildman–Crippen MR) is 72.0 cm³/mol. The lowest BCUT2D eigenvalue weighted by molar-refractivity contribution is 0.600. The third-order valence-corrected chi connectivity index (χ3v) is 3.44. The number of benzene rings is 1. The first-order valence-corrected chi connectivity index (χ1v) is 7.57. The summed E-state index contributed by atoms with van der Waals surface area (Å²) in [6, 6.07) is 7.03. The van der Waals surface area contributed by atoms with Crippen molar-refractivity contribution in [2.45, 2.75) is 5.75 Å². The molecule has 1 aromatic carbocycles. The lowest BCUT2D eigenvalue weighted by Crippen LogP contribution is -2.02. The van der Waals surface area contributed by atoms with Crippen LogP contribution in [0.25, 0.3) is 11.1 Å². The molecule has 18 heavy (non-hydrogen) atoms. The summed E-state index contributed by atoms with van der Waals surface area (Å²) in [4.78, 5) is 0. The smallest absolute Gasteiger partial charge is 0.153 e. The van der Waals surface area contributed by atoms with Crippen LogP contribution in [0.4, 0.5) is 5.82 Å². The zero-order valence-electron chi connectivity index (χ0n) is 9.64. The van der Waals surface area contributed by atoms with Crippen LogP contribution in [-0.2, 0) is 15.6 Å². The maximum Gasteiger partial charge on any atom is 0.153 e. The number of anilines is 1. The van der Waals surface area contributed by atoms with E-state index in [0.29, 0.717) is 16.3 Å². The molecule has 1 heterocycles. The quantitative estimate of drug-likeness (QED) is 0.901. The van der Waals surface area contributed by atoms with Crippen LogP contribution in [0.1, 0.15) is 5.69 Å². The molecule has 1 aromatic heterocycles. The molecular formula is C11H12ClN3O2S. The molecule has 0 bridgehead atoms. The van der Waals surface area contributed by atoms with Gasteiger partial charge < -0.3 is 5.73 Å². The van der Waals surface area contributed by atoms with Crippen molar-refractivity contribution >= 4 is 27.3 Å². The summed E-state index contributed by atoms with van der Waals surface area (Å²) in [5.74, 6) is 0.120. The average Bonchev–Trinajstić information content (AvgIpc) is 2.57. The molecule has 2 rings (SSSR count). The molecule has 0 aliphatic rings. The van der Waals surface area contributed by atoms with Gasteiger partial charge in [-0.1, -0.05) is 23.7 Å². The van der Waals surface area contributed by atoms with Crippen molar-refractivity contribution in [3.05, 3.63) is 35.0 Å². The standard InChI is InChI=1S/C11H12ClN3O2S/c1-18(16,17)6-9-10(11(13)15-14-9)7-3-2-4-8(12)5-7/h2-5H,6H2,1H3,(H3,13,14,15). The third kappa shape index (κ3) is 2.83. The maximum absolute atomic E-state index is 11.3. The highest BCUT2D eigenvalue weighted by Gasteiger charge is 2.17. The zero-order valence-corrected chi connectivity index (χ0v) is 11.2. The van der Waals surface area contributed by atoms with Gasteiger partial charge in [0.05, 0.1) is 11.4 Å². The van der Waals surface area contributed by atoms with Gasteiger partial charge in [0.1, 0.15) is 0 Å². The van der Waals surface area contributed by atoms with E-state index in [9.17, 15) is 8.42 Å². The van der Waals surface area contributed by atoms with E-state index in [1.165, 1.54) is 0 Å². The molecule has 0 saturated heterocycles. The monoisotopic (exact) mass is 285 g/mol. The fourth-order valence-corrected chi connectivity index (χ4v) is 2.65. The Hall–Kier alpha value is -1.53. The number of rotatable bonds is 3. The van der Waals surface area contributed by atoms with E-state index in [4.69, 9.17) is 17.3 Å². The van der Waals surface area contributed by atoms with Gasteiger partial charge in [0.25, 0.3) is 0 Å². The van der Waals surface area contributed by atoms with E-state index in [-0.39, 0.29) is 11.6 Å². The van der Waals surface area contributed by atoms with E-state index in [0.717, 1.165) is 11.8 Å². The molecule has 0 atom stereocenters. The van der Waals surface area contributed by atoms with Gasteiger partial charge in [0.2, 0.25) is 0 Å². The lowest BCUT2D eigenvalue weighted by atomic mass is 10.1. The molecule has 0 aliphatic heterocycles. The maximum atomic E-state index is 11.3. The number of hydrogen-bond acceptors (Lipinski definition) is 4. The fraction of sp³-hybridized carbons (Fsp3) is 0.182. The van der Waals surface area contributed by atoms with Gasteiger partial charge in [0.15, 0.2) is 15.7 Å². The number of nitrogen functional groups attached to an aromatic ring is 1. The molecule has 0 spiro atoms. The van der Waals surface area contributed by atoms with Crippen molar-refractivity contribution in [1.29, 1.82) is 0 Å². The number of nitrogens with one attached hydrogen (secondary N) is 1. The third-order valence-electron chi connectivity index (χ3n) is 2.39. The minimum Gasteiger partial charge on any atom is -0.382 e. The van der Waals surface area contributed by atoms with E-state index in [1.807, 2.05) is 0 Å². The Morgan fingerprint density at radius 2 is 2.17 bits per heavy atom. The normalized spacial score (nSPS) is 11.7. The van der Waals surface area contributed by atoms with Gasteiger partial charge in [-0.3, -0.25) is 5.10 Å². The zero-order chi connectivity index (χ0) is 13.3. The number of H-pyrrole nitrogens is 1. The Balaban J connectivity index is 2.54. The number of nitrogens with zero attached hydrogens (tertiary/aromatic N) is 1. The number of sulfone groups is 1. The van der Waals surface area contributed by atoms with Crippen LogP contribution in [0, 0.1) is 0 Å². The lowest BCUT2D eigenvalue weighted by Gasteiger charge is -2.04. The summed E-state index contributed by atoms with van der Waals surface area (Å²) in [6.45, 7) is 0. The van der Waals surface area contributed by atoms with E-state index in [2.05, 4.69) is 10.2 Å². The van der Waals surface area contributed by atoms with Crippen molar-refractivity contribution in [3.8, 4) is 11.1 Å². The van der Waals surface area contributed by atoms with Gasteiger partial charge in [0, 0.05) is 16.8 Å². The first-order chi connectivity index (χ1) is 8.37. The Kier molecular flexibility index (Phi) is 3.32. The predicted octanol–water partition coefficient (Wildman–Crippen LogP) is 1.86. The van der Waals surface area contributed by atoms with Crippen LogP contribution in [0.5, 0.6) is 0 Å². The second-order valence-corrected chi connectivity index (χ2v) is 6.62. The molecule has 2 aromatic rings. The summed E-state index contributed by atoms with van der Waals surface area (Å²) in [5.41, 5.74) is 7.56. The Morgan fingerprint density at radius 3 is 2.78 bits per heavy atom. The van der Waals surface area contributed by atoms with Crippen LogP contribution in [0.3, 0.4) is 0 Å². The van der Waals surface area contributed by atoms with Crippen LogP contribution in [0.15, 0.2) is 24.3 Å². The van der Waals surface area contributed by atoms with Gasteiger partial charge in [-0.25, -0.2) is 8.42 Å². The minimum atomic E-state index is -3.16. The van der Waals surface area contributed by atoms with Gasteiger partial charge in [-0.15, -0.1) is 0 Å². The van der Waals surface area contributed by atoms with E-state index in [1.54, 1.807) is 24.3 Å². The van der Waals surface area contributed by atoms with E-state index >= 15 is 0 Å². The van der Waals surface area contributed by atoms with Gasteiger partial charge in [-0.05, 0) is 17.7 Å².